The lowest BCUT2D eigenvalue weighted by molar-refractivity contribution is 0.0885. The first-order valence-electron chi connectivity index (χ1n) is 5.63. The van der Waals surface area contributed by atoms with Crippen molar-refractivity contribution < 1.29 is 13.5 Å². The first kappa shape index (κ1) is 14.9. The molecule has 102 valence electrons. The minimum atomic E-state index is -3.50. The molecule has 5 nitrogen and oxygen atoms in total. The second kappa shape index (κ2) is 5.26. The molecule has 0 aromatic heterocycles. The molecule has 0 radical (unpaired) electrons. The quantitative estimate of drug-likeness (QED) is 0.832. The molecule has 0 aliphatic heterocycles. The Balaban J connectivity index is 3.18. The number of aliphatic hydroxyl groups is 1. The summed E-state index contributed by atoms with van der Waals surface area (Å²) >= 11 is 0. The van der Waals surface area contributed by atoms with Crippen molar-refractivity contribution >= 4 is 15.7 Å². The summed E-state index contributed by atoms with van der Waals surface area (Å²) in [4.78, 5) is 1.93. The van der Waals surface area contributed by atoms with Gasteiger partial charge in [-0.05, 0) is 33.0 Å². The fraction of sp³-hybridized carbons (Fsp3) is 0.500. The maximum absolute atomic E-state index is 11.9. The first-order chi connectivity index (χ1) is 8.17. The maximum atomic E-state index is 11.9. The number of hydrogen-bond donors (Lipinski definition) is 2. The number of para-hydroxylation sites is 1. The van der Waals surface area contributed by atoms with Gasteiger partial charge in [-0.3, -0.25) is 0 Å². The maximum Gasteiger partial charge on any atom is 0.242 e. The molecule has 2 N–H and O–H groups in total. The molecule has 0 amide bonds. The first-order valence-corrected chi connectivity index (χ1v) is 7.12. The molecule has 0 aliphatic carbocycles. The summed E-state index contributed by atoms with van der Waals surface area (Å²) in [5.74, 6) is 0. The van der Waals surface area contributed by atoms with Gasteiger partial charge in [0.1, 0.15) is 4.90 Å². The Morgan fingerprint density at radius 2 is 1.89 bits per heavy atom. The summed E-state index contributed by atoms with van der Waals surface area (Å²) < 4.78 is 26.1. The third-order valence-corrected chi connectivity index (χ3v) is 3.92. The van der Waals surface area contributed by atoms with Crippen molar-refractivity contribution in [3.63, 3.8) is 0 Å². The van der Waals surface area contributed by atoms with Crippen molar-refractivity contribution in [1.82, 2.24) is 4.72 Å². The van der Waals surface area contributed by atoms with Crippen LogP contribution in [-0.2, 0) is 10.0 Å². The lowest BCUT2D eigenvalue weighted by Crippen LogP contribution is -2.37. The van der Waals surface area contributed by atoms with Crippen LogP contribution >= 0.6 is 0 Å². The average molecular weight is 272 g/mol. The van der Waals surface area contributed by atoms with E-state index in [0.717, 1.165) is 0 Å². The molecular weight excluding hydrogens is 252 g/mol. The van der Waals surface area contributed by atoms with Crippen LogP contribution < -0.4 is 9.62 Å². The van der Waals surface area contributed by atoms with Gasteiger partial charge in [-0.15, -0.1) is 0 Å². The van der Waals surface area contributed by atoms with Crippen LogP contribution in [0.15, 0.2) is 29.2 Å². The third-order valence-electron chi connectivity index (χ3n) is 2.46. The number of hydrogen-bond acceptors (Lipinski definition) is 4. The molecule has 0 unspecified atom stereocenters. The normalized spacial score (nSPS) is 12.5. The highest BCUT2D eigenvalue weighted by Gasteiger charge is 2.22. The summed E-state index contributed by atoms with van der Waals surface area (Å²) in [6, 6.07) is 6.70. The molecule has 0 saturated carbocycles. The summed E-state index contributed by atoms with van der Waals surface area (Å²) in [5.41, 5.74) is -0.334. The summed E-state index contributed by atoms with van der Waals surface area (Å²) in [7, 11) is -0.374. The van der Waals surface area contributed by atoms with E-state index in [-0.39, 0.29) is 4.90 Å². The zero-order chi connectivity index (χ0) is 14.0. The van der Waals surface area contributed by atoms with Crippen molar-refractivity contribution in [2.45, 2.75) is 24.3 Å². The molecule has 1 rings (SSSR count). The molecule has 0 atom stereocenters. The Morgan fingerprint density at radius 3 is 2.39 bits per heavy atom. The second-order valence-electron chi connectivity index (χ2n) is 4.84. The van der Waals surface area contributed by atoms with Gasteiger partial charge in [0.15, 0.2) is 0 Å². The Hall–Kier alpha value is -1.11. The van der Waals surface area contributed by atoms with Crippen LogP contribution in [0.5, 0.6) is 0 Å². The number of benzene rings is 1. The molecule has 18 heavy (non-hydrogen) atoms. The molecular formula is C12H20N2O3S. The average Bonchev–Trinajstić information content (AvgIpc) is 2.27. The second-order valence-corrected chi connectivity index (χ2v) is 6.70. The molecule has 6 heteroatoms. The SMILES string of the molecule is CNS(=O)(=O)c1ccccc1N(C)CC(C)(C)O. The zero-order valence-electron chi connectivity index (χ0n) is 11.1. The van der Waals surface area contributed by atoms with E-state index in [0.29, 0.717) is 12.2 Å². The monoisotopic (exact) mass is 272 g/mol. The predicted octanol–water partition coefficient (Wildman–Crippen LogP) is 0.802. The summed E-state index contributed by atoms with van der Waals surface area (Å²) in [6.45, 7) is 3.70. The van der Waals surface area contributed by atoms with E-state index in [1.807, 2.05) is 0 Å². The molecule has 0 saturated heterocycles. The van der Waals surface area contributed by atoms with E-state index in [9.17, 15) is 13.5 Å². The van der Waals surface area contributed by atoms with Gasteiger partial charge in [-0.1, -0.05) is 12.1 Å². The van der Waals surface area contributed by atoms with Gasteiger partial charge in [0.2, 0.25) is 10.0 Å². The van der Waals surface area contributed by atoms with Gasteiger partial charge in [-0.25, -0.2) is 13.1 Å². The molecule has 0 aliphatic rings. The van der Waals surface area contributed by atoms with Gasteiger partial charge in [0, 0.05) is 13.6 Å². The van der Waals surface area contributed by atoms with Gasteiger partial charge in [-0.2, -0.15) is 0 Å². The number of rotatable bonds is 5. The van der Waals surface area contributed by atoms with Crippen molar-refractivity contribution in [2.24, 2.45) is 0 Å². The van der Waals surface area contributed by atoms with Gasteiger partial charge in [0.05, 0.1) is 11.3 Å². The largest absolute Gasteiger partial charge is 0.389 e. The highest BCUT2D eigenvalue weighted by atomic mass is 32.2. The van der Waals surface area contributed by atoms with E-state index in [1.165, 1.54) is 7.05 Å². The topological polar surface area (TPSA) is 69.6 Å². The number of nitrogens with zero attached hydrogens (tertiary/aromatic N) is 1. The molecule has 1 aromatic rings. The standard InChI is InChI=1S/C12H20N2O3S/c1-12(2,15)9-14(4)10-7-5-6-8-11(10)18(16,17)13-3/h5-8,13,15H,9H2,1-4H3. The fourth-order valence-electron chi connectivity index (χ4n) is 1.78. The van der Waals surface area contributed by atoms with Crippen LogP contribution in [0.2, 0.25) is 0 Å². The Kier molecular flexibility index (Phi) is 4.37. The van der Waals surface area contributed by atoms with Gasteiger partial charge >= 0.3 is 0 Å². The molecule has 0 fully saturated rings. The van der Waals surface area contributed by atoms with Crippen LogP contribution in [0, 0.1) is 0 Å². The predicted molar refractivity (Wildman–Crippen MR) is 72.3 cm³/mol. The van der Waals surface area contributed by atoms with Crippen LogP contribution in [0.3, 0.4) is 0 Å². The number of likely N-dealkylation sites (N-methyl/N-ethyl adjacent to an activating group) is 1. The van der Waals surface area contributed by atoms with Gasteiger partial charge < -0.3 is 10.0 Å². The van der Waals surface area contributed by atoms with E-state index in [2.05, 4.69) is 4.72 Å². The minimum Gasteiger partial charge on any atom is -0.389 e. The highest BCUT2D eigenvalue weighted by Crippen LogP contribution is 2.24. The van der Waals surface area contributed by atoms with Crippen molar-refractivity contribution in [3.05, 3.63) is 24.3 Å². The van der Waals surface area contributed by atoms with E-state index < -0.39 is 15.6 Å². The van der Waals surface area contributed by atoms with Gasteiger partial charge in [0.25, 0.3) is 0 Å². The summed E-state index contributed by atoms with van der Waals surface area (Å²) in [5, 5.41) is 9.79. The van der Waals surface area contributed by atoms with E-state index >= 15 is 0 Å². The Morgan fingerprint density at radius 1 is 1.33 bits per heavy atom. The smallest absolute Gasteiger partial charge is 0.242 e. The number of sulfonamides is 1. The van der Waals surface area contributed by atoms with Crippen molar-refractivity contribution in [2.75, 3.05) is 25.5 Å². The molecule has 0 heterocycles. The summed E-state index contributed by atoms with van der Waals surface area (Å²) in [6.07, 6.45) is 0. The fourth-order valence-corrected chi connectivity index (χ4v) is 2.75. The van der Waals surface area contributed by atoms with Crippen LogP contribution in [0.4, 0.5) is 5.69 Å². The zero-order valence-corrected chi connectivity index (χ0v) is 12.0. The highest BCUT2D eigenvalue weighted by molar-refractivity contribution is 7.89. The van der Waals surface area contributed by atoms with Crippen LogP contribution in [-0.4, -0.2) is 39.8 Å². The Labute approximate surface area is 108 Å². The number of anilines is 1. The van der Waals surface area contributed by atoms with E-state index in [4.69, 9.17) is 0 Å². The van der Waals surface area contributed by atoms with Crippen LogP contribution in [0.1, 0.15) is 13.8 Å². The number of nitrogens with one attached hydrogen (secondary N) is 1. The lowest BCUT2D eigenvalue weighted by atomic mass is 10.1. The lowest BCUT2D eigenvalue weighted by Gasteiger charge is -2.28. The van der Waals surface area contributed by atoms with E-state index in [1.54, 1.807) is 50.1 Å². The molecule has 0 spiro atoms. The third kappa shape index (κ3) is 3.69. The van der Waals surface area contributed by atoms with Crippen molar-refractivity contribution in [3.8, 4) is 0 Å². The molecule has 0 bridgehead atoms. The molecule has 1 aromatic carbocycles. The minimum absolute atomic E-state index is 0.208. The van der Waals surface area contributed by atoms with Crippen molar-refractivity contribution in [1.29, 1.82) is 0 Å². The Bertz CT molecular complexity index is 506. The van der Waals surface area contributed by atoms with Crippen LogP contribution in [0.25, 0.3) is 0 Å².